The third-order valence-electron chi connectivity index (χ3n) is 3.52. The van der Waals surface area contributed by atoms with Crippen molar-refractivity contribution in [3.63, 3.8) is 0 Å². The van der Waals surface area contributed by atoms with Gasteiger partial charge in [-0.1, -0.05) is 6.08 Å². The Labute approximate surface area is 115 Å². The van der Waals surface area contributed by atoms with E-state index in [0.717, 1.165) is 18.3 Å². The summed E-state index contributed by atoms with van der Waals surface area (Å²) in [6.45, 7) is 4.30. The SMILES string of the molecule is C=CC[C@H]1CNC(=O)c2cc(-c3ccncc3F)[nH]c21. The van der Waals surface area contributed by atoms with Crippen molar-refractivity contribution in [1.29, 1.82) is 0 Å². The van der Waals surface area contributed by atoms with Gasteiger partial charge in [0, 0.05) is 35.6 Å². The van der Waals surface area contributed by atoms with Crippen LogP contribution in [-0.2, 0) is 0 Å². The number of aromatic nitrogens is 2. The quantitative estimate of drug-likeness (QED) is 0.843. The minimum absolute atomic E-state index is 0.128. The van der Waals surface area contributed by atoms with Crippen LogP contribution in [-0.4, -0.2) is 22.4 Å². The lowest BCUT2D eigenvalue weighted by molar-refractivity contribution is 0.0940. The number of carbonyl (C=O) groups is 1. The second kappa shape index (κ2) is 4.92. The molecule has 0 saturated heterocycles. The predicted octanol–water partition coefficient (Wildman–Crippen LogP) is 2.62. The van der Waals surface area contributed by atoms with E-state index in [1.54, 1.807) is 12.1 Å². The van der Waals surface area contributed by atoms with Crippen LogP contribution >= 0.6 is 0 Å². The summed E-state index contributed by atoms with van der Waals surface area (Å²) in [7, 11) is 0. The van der Waals surface area contributed by atoms with Crippen LogP contribution in [0.5, 0.6) is 0 Å². The zero-order valence-corrected chi connectivity index (χ0v) is 10.8. The number of carbonyl (C=O) groups excluding carboxylic acids is 1. The molecule has 5 heteroatoms. The molecule has 0 aromatic carbocycles. The summed E-state index contributed by atoms with van der Waals surface area (Å²) >= 11 is 0. The van der Waals surface area contributed by atoms with Gasteiger partial charge in [-0.25, -0.2) is 4.39 Å². The van der Waals surface area contributed by atoms with E-state index in [1.807, 2.05) is 6.08 Å². The van der Waals surface area contributed by atoms with E-state index in [9.17, 15) is 9.18 Å². The van der Waals surface area contributed by atoms with E-state index in [4.69, 9.17) is 0 Å². The molecular weight excluding hydrogens is 257 g/mol. The third-order valence-corrected chi connectivity index (χ3v) is 3.52. The Bertz CT molecular complexity index is 678. The molecule has 0 unspecified atom stereocenters. The molecule has 0 saturated carbocycles. The van der Waals surface area contributed by atoms with Gasteiger partial charge in [-0.15, -0.1) is 6.58 Å². The monoisotopic (exact) mass is 271 g/mol. The van der Waals surface area contributed by atoms with Crippen LogP contribution in [0.25, 0.3) is 11.3 Å². The highest BCUT2D eigenvalue weighted by Crippen LogP contribution is 2.31. The molecule has 1 aliphatic rings. The van der Waals surface area contributed by atoms with Gasteiger partial charge in [0.15, 0.2) is 5.82 Å². The summed E-state index contributed by atoms with van der Waals surface area (Å²) in [5.41, 5.74) is 2.44. The van der Waals surface area contributed by atoms with Crippen molar-refractivity contribution in [3.05, 3.63) is 54.3 Å². The van der Waals surface area contributed by atoms with Crippen LogP contribution in [0, 0.1) is 5.82 Å². The Morgan fingerprint density at radius 3 is 3.10 bits per heavy atom. The number of rotatable bonds is 3. The first-order valence-electron chi connectivity index (χ1n) is 6.42. The van der Waals surface area contributed by atoms with Crippen molar-refractivity contribution in [1.82, 2.24) is 15.3 Å². The first-order valence-corrected chi connectivity index (χ1v) is 6.42. The average molecular weight is 271 g/mol. The largest absolute Gasteiger partial charge is 0.357 e. The Balaban J connectivity index is 2.08. The van der Waals surface area contributed by atoms with Gasteiger partial charge in [-0.3, -0.25) is 9.78 Å². The number of hydrogen-bond acceptors (Lipinski definition) is 2. The van der Waals surface area contributed by atoms with Crippen molar-refractivity contribution in [2.24, 2.45) is 0 Å². The summed E-state index contributed by atoms with van der Waals surface area (Å²) in [4.78, 5) is 18.8. The number of aromatic amines is 1. The number of pyridine rings is 1. The number of H-pyrrole nitrogens is 1. The van der Waals surface area contributed by atoms with Crippen molar-refractivity contribution in [2.45, 2.75) is 12.3 Å². The van der Waals surface area contributed by atoms with Crippen molar-refractivity contribution >= 4 is 5.91 Å². The molecule has 0 bridgehead atoms. The molecule has 0 fully saturated rings. The second-order valence-corrected chi connectivity index (χ2v) is 4.80. The van der Waals surface area contributed by atoms with Gasteiger partial charge in [0.05, 0.1) is 11.8 Å². The molecule has 2 aromatic heterocycles. The van der Waals surface area contributed by atoms with E-state index in [0.29, 0.717) is 23.4 Å². The maximum Gasteiger partial charge on any atom is 0.253 e. The standard InChI is InChI=1S/C15H14FN3O/c1-2-3-9-7-18-15(20)11-6-13(19-14(9)11)10-4-5-17-8-12(10)16/h2,4-6,8-9,19H,1,3,7H2,(H,18,20)/t9-/m0/s1. The number of halogens is 1. The Kier molecular flexibility index (Phi) is 3.10. The molecule has 1 amide bonds. The van der Waals surface area contributed by atoms with Crippen molar-refractivity contribution < 1.29 is 9.18 Å². The minimum atomic E-state index is -0.410. The molecule has 0 radical (unpaired) electrons. The molecular formula is C15H14FN3O. The molecule has 0 aliphatic carbocycles. The first-order chi connectivity index (χ1) is 9.70. The third kappa shape index (κ3) is 2.01. The van der Waals surface area contributed by atoms with Crippen molar-refractivity contribution in [3.8, 4) is 11.3 Å². The highest BCUT2D eigenvalue weighted by Gasteiger charge is 2.27. The first kappa shape index (κ1) is 12.6. The Morgan fingerprint density at radius 1 is 1.50 bits per heavy atom. The summed E-state index contributed by atoms with van der Waals surface area (Å²) in [5.74, 6) is -0.386. The van der Waals surface area contributed by atoms with Crippen LogP contribution in [0.1, 0.15) is 28.4 Å². The van der Waals surface area contributed by atoms with Gasteiger partial charge < -0.3 is 10.3 Å². The van der Waals surface area contributed by atoms with Gasteiger partial charge in [0.2, 0.25) is 0 Å². The fourth-order valence-corrected chi connectivity index (χ4v) is 2.53. The van der Waals surface area contributed by atoms with Gasteiger partial charge >= 0.3 is 0 Å². The van der Waals surface area contributed by atoms with Gasteiger partial charge in [0.25, 0.3) is 5.91 Å². The van der Waals surface area contributed by atoms with E-state index >= 15 is 0 Å². The Morgan fingerprint density at radius 2 is 2.35 bits per heavy atom. The smallest absolute Gasteiger partial charge is 0.253 e. The fraction of sp³-hybridized carbons (Fsp3) is 0.200. The van der Waals surface area contributed by atoms with Crippen molar-refractivity contribution in [2.75, 3.05) is 6.54 Å². The van der Waals surface area contributed by atoms with E-state index in [-0.39, 0.29) is 11.8 Å². The maximum atomic E-state index is 13.8. The van der Waals surface area contributed by atoms with Crippen LogP contribution in [0.2, 0.25) is 0 Å². The van der Waals surface area contributed by atoms with E-state index in [2.05, 4.69) is 21.9 Å². The van der Waals surface area contributed by atoms with E-state index in [1.165, 1.54) is 6.20 Å². The molecule has 3 heterocycles. The second-order valence-electron chi connectivity index (χ2n) is 4.80. The average Bonchev–Trinajstić information content (AvgIpc) is 2.88. The molecule has 0 spiro atoms. The minimum Gasteiger partial charge on any atom is -0.357 e. The lowest BCUT2D eigenvalue weighted by Crippen LogP contribution is -2.34. The highest BCUT2D eigenvalue weighted by molar-refractivity contribution is 5.98. The fourth-order valence-electron chi connectivity index (χ4n) is 2.53. The van der Waals surface area contributed by atoms with Crippen LogP contribution < -0.4 is 5.32 Å². The molecule has 1 atom stereocenters. The predicted molar refractivity (Wildman–Crippen MR) is 73.9 cm³/mol. The van der Waals surface area contributed by atoms with Crippen LogP contribution in [0.3, 0.4) is 0 Å². The molecule has 2 N–H and O–H groups in total. The summed E-state index contributed by atoms with van der Waals surface area (Å²) in [5, 5.41) is 2.84. The molecule has 1 aliphatic heterocycles. The molecule has 2 aromatic rings. The number of fused-ring (bicyclic) bond motifs is 1. The van der Waals surface area contributed by atoms with Crippen LogP contribution in [0.15, 0.2) is 37.2 Å². The number of nitrogens with one attached hydrogen (secondary N) is 2. The zero-order valence-electron chi connectivity index (χ0n) is 10.8. The number of allylic oxidation sites excluding steroid dienone is 1. The van der Waals surface area contributed by atoms with E-state index < -0.39 is 5.82 Å². The lowest BCUT2D eigenvalue weighted by atomic mass is 9.94. The summed E-state index contributed by atoms with van der Waals surface area (Å²) in [6.07, 6.45) is 5.27. The highest BCUT2D eigenvalue weighted by atomic mass is 19.1. The normalized spacial score (nSPS) is 17.4. The number of hydrogen-bond donors (Lipinski definition) is 2. The summed E-state index contributed by atoms with van der Waals surface area (Å²) in [6, 6.07) is 3.28. The Hall–Kier alpha value is -2.43. The summed E-state index contributed by atoms with van der Waals surface area (Å²) < 4.78 is 13.8. The lowest BCUT2D eigenvalue weighted by Gasteiger charge is -2.21. The zero-order chi connectivity index (χ0) is 14.1. The number of nitrogens with zero attached hydrogens (tertiary/aromatic N) is 1. The molecule has 102 valence electrons. The topological polar surface area (TPSA) is 57.8 Å². The number of amides is 1. The van der Waals surface area contributed by atoms with Gasteiger partial charge in [0.1, 0.15) is 0 Å². The molecule has 4 nitrogen and oxygen atoms in total. The maximum absolute atomic E-state index is 13.8. The van der Waals surface area contributed by atoms with Gasteiger partial charge in [-0.05, 0) is 18.6 Å². The molecule has 20 heavy (non-hydrogen) atoms. The van der Waals surface area contributed by atoms with Gasteiger partial charge in [-0.2, -0.15) is 0 Å². The molecule has 3 rings (SSSR count). The van der Waals surface area contributed by atoms with Crippen LogP contribution in [0.4, 0.5) is 4.39 Å².